The average Bonchev–Trinajstić information content (AvgIpc) is 3.13. The molecular weight excluding hydrogens is 319 g/mol. The number of aromatic nitrogens is 2. The highest BCUT2D eigenvalue weighted by atomic mass is 32.1. The molecule has 0 unspecified atom stereocenters. The highest BCUT2D eigenvalue weighted by Crippen LogP contribution is 2.45. The standard InChI is InChI=1S/C13H12F3N3O2S/c1-21-12(20)7-6-17-19-10(13(14,15)16)5-8(18-11(7)19)9-3-2-4-22-9/h2-4,6,8,10,18H,5H2,1H3/t8-,10-/m1/s1. The molecule has 9 heteroatoms. The van der Waals surface area contributed by atoms with Crippen molar-refractivity contribution in [1.29, 1.82) is 0 Å². The monoisotopic (exact) mass is 331 g/mol. The number of anilines is 1. The molecule has 0 amide bonds. The molecule has 2 aromatic rings. The van der Waals surface area contributed by atoms with E-state index in [1.807, 2.05) is 0 Å². The highest BCUT2D eigenvalue weighted by molar-refractivity contribution is 7.10. The lowest BCUT2D eigenvalue weighted by Gasteiger charge is -2.33. The molecule has 0 saturated carbocycles. The van der Waals surface area contributed by atoms with Gasteiger partial charge >= 0.3 is 12.1 Å². The number of nitrogens with zero attached hydrogens (tertiary/aromatic N) is 2. The van der Waals surface area contributed by atoms with Gasteiger partial charge in [-0.1, -0.05) is 6.07 Å². The van der Waals surface area contributed by atoms with E-state index in [1.165, 1.54) is 18.4 Å². The Bertz CT molecular complexity index is 681. The summed E-state index contributed by atoms with van der Waals surface area (Å²) in [5.41, 5.74) is -0.00185. The Morgan fingerprint density at radius 3 is 2.91 bits per heavy atom. The molecule has 0 aromatic carbocycles. The maximum Gasteiger partial charge on any atom is 0.410 e. The Morgan fingerprint density at radius 1 is 1.55 bits per heavy atom. The minimum atomic E-state index is -4.45. The topological polar surface area (TPSA) is 56.1 Å². The van der Waals surface area contributed by atoms with Crippen LogP contribution in [-0.4, -0.2) is 29.0 Å². The number of nitrogens with one attached hydrogen (secondary N) is 1. The van der Waals surface area contributed by atoms with Crippen molar-refractivity contribution in [3.63, 3.8) is 0 Å². The highest BCUT2D eigenvalue weighted by Gasteiger charge is 2.47. The zero-order valence-electron chi connectivity index (χ0n) is 11.4. The lowest BCUT2D eigenvalue weighted by atomic mass is 10.0. The van der Waals surface area contributed by atoms with Crippen molar-refractivity contribution in [2.75, 3.05) is 12.4 Å². The van der Waals surface area contributed by atoms with Gasteiger partial charge in [-0.3, -0.25) is 0 Å². The number of methoxy groups -OCH3 is 1. The lowest BCUT2D eigenvalue weighted by Crippen LogP contribution is -2.35. The van der Waals surface area contributed by atoms with Gasteiger partial charge in [0, 0.05) is 11.3 Å². The maximum absolute atomic E-state index is 13.3. The molecule has 3 rings (SSSR count). The summed E-state index contributed by atoms with van der Waals surface area (Å²) < 4.78 is 45.4. The first-order chi connectivity index (χ1) is 10.4. The molecule has 1 aliphatic heterocycles. The maximum atomic E-state index is 13.3. The molecule has 3 heterocycles. The van der Waals surface area contributed by atoms with Crippen molar-refractivity contribution in [2.24, 2.45) is 0 Å². The molecule has 118 valence electrons. The lowest BCUT2D eigenvalue weighted by molar-refractivity contribution is -0.173. The second-order valence-corrected chi connectivity index (χ2v) is 5.83. The predicted molar refractivity (Wildman–Crippen MR) is 74.0 cm³/mol. The van der Waals surface area contributed by atoms with Crippen molar-refractivity contribution in [3.05, 3.63) is 34.2 Å². The molecule has 1 N–H and O–H groups in total. The van der Waals surface area contributed by atoms with E-state index in [-0.39, 0.29) is 17.8 Å². The Kier molecular flexibility index (Phi) is 3.59. The van der Waals surface area contributed by atoms with E-state index in [4.69, 9.17) is 0 Å². The van der Waals surface area contributed by atoms with Gasteiger partial charge in [-0.25, -0.2) is 9.48 Å². The smallest absolute Gasteiger partial charge is 0.410 e. The number of ether oxygens (including phenoxy) is 1. The second kappa shape index (κ2) is 5.31. The molecular formula is C13H12F3N3O2S. The normalized spacial score (nSPS) is 21.1. The number of rotatable bonds is 2. The Hall–Kier alpha value is -2.03. The first-order valence-electron chi connectivity index (χ1n) is 6.44. The van der Waals surface area contributed by atoms with E-state index >= 15 is 0 Å². The number of thiophene rings is 1. The van der Waals surface area contributed by atoms with Crippen LogP contribution in [0.25, 0.3) is 0 Å². The largest absolute Gasteiger partial charge is 0.465 e. The number of alkyl halides is 3. The van der Waals surface area contributed by atoms with Crippen molar-refractivity contribution in [2.45, 2.75) is 24.7 Å². The van der Waals surface area contributed by atoms with Gasteiger partial charge in [0.1, 0.15) is 11.4 Å². The number of carbonyl (C=O) groups is 1. The first kappa shape index (κ1) is 14.9. The van der Waals surface area contributed by atoms with Gasteiger partial charge in [0.25, 0.3) is 0 Å². The minimum absolute atomic E-state index is 0.00185. The van der Waals surface area contributed by atoms with Gasteiger partial charge in [-0.15, -0.1) is 11.3 Å². The Labute approximate surface area is 127 Å². The summed E-state index contributed by atoms with van der Waals surface area (Å²) in [6, 6.07) is 1.23. The van der Waals surface area contributed by atoms with E-state index in [0.717, 1.165) is 15.8 Å². The van der Waals surface area contributed by atoms with Gasteiger partial charge in [-0.05, 0) is 11.4 Å². The predicted octanol–water partition coefficient (Wildman–Crippen LogP) is 3.39. The third-order valence-electron chi connectivity index (χ3n) is 3.53. The second-order valence-electron chi connectivity index (χ2n) is 4.85. The SMILES string of the molecule is COC(=O)c1cnn2c1N[C@@H](c1cccs1)C[C@@H]2C(F)(F)F. The molecule has 0 aliphatic carbocycles. The number of fused-ring (bicyclic) bond motifs is 1. The number of hydrogen-bond donors (Lipinski definition) is 1. The van der Waals surface area contributed by atoms with Crippen LogP contribution in [0.15, 0.2) is 23.7 Å². The van der Waals surface area contributed by atoms with Crippen LogP contribution >= 0.6 is 11.3 Å². The quantitative estimate of drug-likeness (QED) is 0.857. The van der Waals surface area contributed by atoms with Crippen LogP contribution < -0.4 is 5.32 Å². The van der Waals surface area contributed by atoms with Crippen LogP contribution in [0, 0.1) is 0 Å². The molecule has 22 heavy (non-hydrogen) atoms. The Morgan fingerprint density at radius 2 is 2.32 bits per heavy atom. The minimum Gasteiger partial charge on any atom is -0.465 e. The number of carbonyl (C=O) groups excluding carboxylic acids is 1. The Balaban J connectivity index is 2.06. The van der Waals surface area contributed by atoms with Gasteiger partial charge in [-0.2, -0.15) is 18.3 Å². The summed E-state index contributed by atoms with van der Waals surface area (Å²) in [6.07, 6.45) is -3.53. The zero-order chi connectivity index (χ0) is 15.9. The fourth-order valence-electron chi connectivity index (χ4n) is 2.50. The summed E-state index contributed by atoms with van der Waals surface area (Å²) in [6.45, 7) is 0. The third-order valence-corrected chi connectivity index (χ3v) is 4.52. The molecule has 0 bridgehead atoms. The van der Waals surface area contributed by atoms with E-state index in [1.54, 1.807) is 17.5 Å². The number of hydrogen-bond acceptors (Lipinski definition) is 5. The fourth-order valence-corrected chi connectivity index (χ4v) is 3.29. The fraction of sp³-hybridized carbons (Fsp3) is 0.385. The third kappa shape index (κ3) is 2.45. The van der Waals surface area contributed by atoms with Crippen LogP contribution in [0.2, 0.25) is 0 Å². The average molecular weight is 331 g/mol. The summed E-state index contributed by atoms with van der Waals surface area (Å²) >= 11 is 1.36. The van der Waals surface area contributed by atoms with Gasteiger partial charge in [0.2, 0.25) is 0 Å². The van der Waals surface area contributed by atoms with E-state index < -0.39 is 24.2 Å². The molecule has 1 aliphatic rings. The van der Waals surface area contributed by atoms with Crippen molar-refractivity contribution >= 4 is 23.1 Å². The van der Waals surface area contributed by atoms with Crippen LogP contribution in [0.4, 0.5) is 19.0 Å². The number of halogens is 3. The first-order valence-corrected chi connectivity index (χ1v) is 7.32. The summed E-state index contributed by atoms with van der Waals surface area (Å²) in [5.74, 6) is -0.680. The van der Waals surface area contributed by atoms with Gasteiger partial charge in [0.05, 0.1) is 19.3 Å². The van der Waals surface area contributed by atoms with E-state index in [2.05, 4.69) is 15.2 Å². The summed E-state index contributed by atoms with van der Waals surface area (Å²) in [7, 11) is 1.17. The summed E-state index contributed by atoms with van der Waals surface area (Å²) in [5, 5.41) is 8.50. The van der Waals surface area contributed by atoms with E-state index in [9.17, 15) is 18.0 Å². The van der Waals surface area contributed by atoms with Crippen molar-refractivity contribution in [1.82, 2.24) is 9.78 Å². The van der Waals surface area contributed by atoms with Gasteiger partial charge in [0.15, 0.2) is 6.04 Å². The molecule has 5 nitrogen and oxygen atoms in total. The molecule has 0 saturated heterocycles. The molecule has 2 atom stereocenters. The van der Waals surface area contributed by atoms with Crippen LogP contribution in [0.3, 0.4) is 0 Å². The molecule has 2 aromatic heterocycles. The van der Waals surface area contributed by atoms with E-state index in [0.29, 0.717) is 0 Å². The van der Waals surface area contributed by atoms with Crippen LogP contribution in [-0.2, 0) is 4.74 Å². The van der Waals surface area contributed by atoms with Crippen LogP contribution in [0.5, 0.6) is 0 Å². The molecule has 0 fully saturated rings. The van der Waals surface area contributed by atoms with Crippen molar-refractivity contribution < 1.29 is 22.7 Å². The van der Waals surface area contributed by atoms with Crippen molar-refractivity contribution in [3.8, 4) is 0 Å². The summed E-state index contributed by atoms with van der Waals surface area (Å²) in [4.78, 5) is 12.5. The molecule has 0 spiro atoms. The number of esters is 1. The zero-order valence-corrected chi connectivity index (χ0v) is 12.2. The van der Waals surface area contributed by atoms with Gasteiger partial charge < -0.3 is 10.1 Å². The van der Waals surface area contributed by atoms with Crippen LogP contribution in [0.1, 0.15) is 33.7 Å². The molecule has 0 radical (unpaired) electrons.